The van der Waals surface area contributed by atoms with Crippen molar-refractivity contribution < 1.29 is 9.59 Å². The molecule has 0 spiro atoms. The Morgan fingerprint density at radius 1 is 0.568 bits per heavy atom. The van der Waals surface area contributed by atoms with Crippen molar-refractivity contribution in [2.75, 3.05) is 39.3 Å². The van der Waals surface area contributed by atoms with E-state index >= 15 is 0 Å². The zero-order valence-electron chi connectivity index (χ0n) is 21.1. The average molecular weight is 505 g/mol. The van der Waals surface area contributed by atoms with Crippen LogP contribution in [0.4, 0.5) is 0 Å². The number of hydrogen-bond donors (Lipinski definition) is 6. The van der Waals surface area contributed by atoms with E-state index in [1.807, 2.05) is 48.5 Å². The second kappa shape index (κ2) is 14.1. The number of rotatable bonds is 16. The van der Waals surface area contributed by atoms with Crippen LogP contribution in [0.25, 0.3) is 22.1 Å². The minimum absolute atomic E-state index is 0.169. The molecule has 0 saturated heterocycles. The Morgan fingerprint density at radius 2 is 1.00 bits per heavy atom. The SMILES string of the molecule is O=C(NCCCNCCCCCNCCCNC(=O)c1nc2ccccc2[nH]1)c1nc2ccccc2[nH]1. The van der Waals surface area contributed by atoms with Gasteiger partial charge in [-0.25, -0.2) is 9.97 Å². The highest BCUT2D eigenvalue weighted by Gasteiger charge is 2.11. The second-order valence-electron chi connectivity index (χ2n) is 8.98. The minimum Gasteiger partial charge on any atom is -0.349 e. The third kappa shape index (κ3) is 8.12. The van der Waals surface area contributed by atoms with E-state index in [1.54, 1.807) is 0 Å². The number of amides is 2. The van der Waals surface area contributed by atoms with Crippen LogP contribution in [-0.2, 0) is 0 Å². The van der Waals surface area contributed by atoms with Gasteiger partial charge in [-0.2, -0.15) is 0 Å². The number of benzene rings is 2. The van der Waals surface area contributed by atoms with Gasteiger partial charge in [-0.15, -0.1) is 0 Å². The predicted molar refractivity (Wildman–Crippen MR) is 146 cm³/mol. The van der Waals surface area contributed by atoms with Crippen LogP contribution in [0.3, 0.4) is 0 Å². The standard InChI is InChI=1S/C27H36N8O2/c36-26(24-32-20-10-2-3-11-21(20)33-24)30-18-8-16-28-14-6-1-7-15-29-17-9-19-31-27(37)25-34-22-12-4-5-13-23(22)35-25/h2-5,10-13,28-29H,1,6-9,14-19H2,(H,30,36)(H,31,37)(H,32,33)(H,34,35). The zero-order valence-corrected chi connectivity index (χ0v) is 21.1. The number of nitrogens with one attached hydrogen (secondary N) is 6. The predicted octanol–water partition coefficient (Wildman–Crippen LogP) is 2.73. The normalized spacial score (nSPS) is 11.2. The Morgan fingerprint density at radius 3 is 1.46 bits per heavy atom. The monoisotopic (exact) mass is 504 g/mol. The maximum atomic E-state index is 12.2. The summed E-state index contributed by atoms with van der Waals surface area (Å²) in [7, 11) is 0. The molecule has 0 fully saturated rings. The van der Waals surface area contributed by atoms with Gasteiger partial charge >= 0.3 is 0 Å². The lowest BCUT2D eigenvalue weighted by molar-refractivity contribution is 0.0936. The average Bonchev–Trinajstić information content (AvgIpc) is 3.55. The lowest BCUT2D eigenvalue weighted by atomic mass is 10.2. The quantitative estimate of drug-likeness (QED) is 0.130. The highest BCUT2D eigenvalue weighted by Crippen LogP contribution is 2.11. The molecule has 10 nitrogen and oxygen atoms in total. The summed E-state index contributed by atoms with van der Waals surface area (Å²) in [6, 6.07) is 15.2. The highest BCUT2D eigenvalue weighted by atomic mass is 16.2. The summed E-state index contributed by atoms with van der Waals surface area (Å²) < 4.78 is 0. The van der Waals surface area contributed by atoms with Crippen LogP contribution in [0.2, 0.25) is 0 Å². The van der Waals surface area contributed by atoms with Crippen molar-refractivity contribution in [1.29, 1.82) is 0 Å². The van der Waals surface area contributed by atoms with E-state index in [1.165, 1.54) is 0 Å². The molecule has 4 aromatic rings. The number of carbonyl (C=O) groups excluding carboxylic acids is 2. The number of unbranched alkanes of at least 4 members (excludes halogenated alkanes) is 2. The third-order valence-corrected chi connectivity index (χ3v) is 6.05. The maximum absolute atomic E-state index is 12.2. The molecule has 196 valence electrons. The van der Waals surface area contributed by atoms with Crippen LogP contribution in [0.1, 0.15) is 53.3 Å². The lowest BCUT2D eigenvalue weighted by Gasteiger charge is -2.07. The van der Waals surface area contributed by atoms with Crippen LogP contribution in [0.15, 0.2) is 48.5 Å². The number of H-pyrrole nitrogens is 2. The molecule has 10 heteroatoms. The number of para-hydroxylation sites is 4. The van der Waals surface area contributed by atoms with Crippen molar-refractivity contribution in [2.24, 2.45) is 0 Å². The summed E-state index contributed by atoms with van der Waals surface area (Å²) in [6.45, 7) is 4.94. The number of hydrogen-bond acceptors (Lipinski definition) is 6. The number of nitrogens with zero attached hydrogens (tertiary/aromatic N) is 2. The Kier molecular flexibility index (Phi) is 10.0. The molecule has 2 heterocycles. The van der Waals surface area contributed by atoms with Gasteiger partial charge in [-0.05, 0) is 76.1 Å². The summed E-state index contributed by atoms with van der Waals surface area (Å²) in [6.07, 6.45) is 5.16. The third-order valence-electron chi connectivity index (χ3n) is 6.05. The maximum Gasteiger partial charge on any atom is 0.287 e. The van der Waals surface area contributed by atoms with Gasteiger partial charge in [0.05, 0.1) is 22.1 Å². The Hall–Kier alpha value is -3.76. The molecule has 2 aromatic heterocycles. The first-order valence-corrected chi connectivity index (χ1v) is 13.1. The number of carbonyl (C=O) groups is 2. The van der Waals surface area contributed by atoms with Gasteiger partial charge in [-0.1, -0.05) is 30.7 Å². The molecule has 0 unspecified atom stereocenters. The van der Waals surface area contributed by atoms with Gasteiger partial charge in [0, 0.05) is 13.1 Å². The van der Waals surface area contributed by atoms with Crippen molar-refractivity contribution in [3.05, 3.63) is 60.2 Å². The number of imidazole rings is 2. The van der Waals surface area contributed by atoms with Crippen molar-refractivity contribution in [3.63, 3.8) is 0 Å². The van der Waals surface area contributed by atoms with Gasteiger partial charge < -0.3 is 31.2 Å². The number of aromatic nitrogens is 4. The van der Waals surface area contributed by atoms with Crippen molar-refractivity contribution in [3.8, 4) is 0 Å². The molecule has 0 radical (unpaired) electrons. The zero-order chi connectivity index (χ0) is 25.7. The molecule has 2 amide bonds. The fraction of sp³-hybridized carbons (Fsp3) is 0.407. The topological polar surface area (TPSA) is 140 Å². The van der Waals surface area contributed by atoms with E-state index in [-0.39, 0.29) is 11.8 Å². The second-order valence-corrected chi connectivity index (χ2v) is 8.98. The van der Waals surface area contributed by atoms with E-state index < -0.39 is 0 Å². The van der Waals surface area contributed by atoms with Gasteiger partial charge in [0.1, 0.15) is 0 Å². The van der Waals surface area contributed by atoms with Gasteiger partial charge in [0.15, 0.2) is 11.6 Å². The summed E-state index contributed by atoms with van der Waals surface area (Å²) in [5.41, 5.74) is 3.34. The fourth-order valence-corrected chi connectivity index (χ4v) is 4.05. The van der Waals surface area contributed by atoms with Crippen LogP contribution in [0, 0.1) is 0 Å². The largest absolute Gasteiger partial charge is 0.349 e. The Bertz CT molecular complexity index is 1120. The van der Waals surface area contributed by atoms with Crippen LogP contribution in [-0.4, -0.2) is 71.0 Å². The molecule has 37 heavy (non-hydrogen) atoms. The van der Waals surface area contributed by atoms with Gasteiger partial charge in [0.2, 0.25) is 0 Å². The van der Waals surface area contributed by atoms with E-state index in [4.69, 9.17) is 0 Å². The number of aromatic amines is 2. The molecule has 6 N–H and O–H groups in total. The van der Waals surface area contributed by atoms with Crippen LogP contribution < -0.4 is 21.3 Å². The van der Waals surface area contributed by atoms with Crippen molar-refractivity contribution >= 4 is 33.9 Å². The van der Waals surface area contributed by atoms with Crippen molar-refractivity contribution in [2.45, 2.75) is 32.1 Å². The molecule has 0 atom stereocenters. The van der Waals surface area contributed by atoms with Crippen molar-refractivity contribution in [1.82, 2.24) is 41.2 Å². The molecule has 0 aliphatic rings. The van der Waals surface area contributed by atoms with E-state index in [0.717, 1.165) is 80.3 Å². The summed E-state index contributed by atoms with van der Waals surface area (Å²) in [5.74, 6) is 0.375. The number of fused-ring (bicyclic) bond motifs is 2. The van der Waals surface area contributed by atoms with E-state index in [2.05, 4.69) is 41.2 Å². The molecular formula is C27H36N8O2. The first kappa shape index (κ1) is 26.3. The summed E-state index contributed by atoms with van der Waals surface area (Å²) >= 11 is 0. The highest BCUT2D eigenvalue weighted by molar-refractivity contribution is 5.94. The first-order valence-electron chi connectivity index (χ1n) is 13.1. The lowest BCUT2D eigenvalue weighted by Crippen LogP contribution is -2.28. The summed E-state index contributed by atoms with van der Waals surface area (Å²) in [4.78, 5) is 39.1. The van der Waals surface area contributed by atoms with E-state index in [9.17, 15) is 9.59 Å². The van der Waals surface area contributed by atoms with E-state index in [0.29, 0.717) is 24.7 Å². The molecule has 4 rings (SSSR count). The fourth-order valence-electron chi connectivity index (χ4n) is 4.05. The molecule has 0 aliphatic heterocycles. The van der Waals surface area contributed by atoms with Crippen LogP contribution in [0.5, 0.6) is 0 Å². The van der Waals surface area contributed by atoms with Gasteiger partial charge in [0.25, 0.3) is 11.8 Å². The minimum atomic E-state index is -0.169. The molecule has 0 aliphatic carbocycles. The smallest absolute Gasteiger partial charge is 0.287 e. The first-order chi connectivity index (χ1) is 18.2. The Labute approximate surface area is 216 Å². The van der Waals surface area contributed by atoms with Gasteiger partial charge in [-0.3, -0.25) is 9.59 Å². The molecular weight excluding hydrogens is 468 g/mol. The molecule has 2 aromatic carbocycles. The molecule has 0 saturated carbocycles. The Balaban J connectivity index is 0.922. The van der Waals surface area contributed by atoms with Crippen LogP contribution >= 0.6 is 0 Å². The summed E-state index contributed by atoms with van der Waals surface area (Å²) in [5, 5.41) is 12.7. The molecule has 0 bridgehead atoms.